The van der Waals surface area contributed by atoms with Crippen molar-refractivity contribution in [2.75, 3.05) is 26.2 Å². The Kier molecular flexibility index (Phi) is 3.47. The van der Waals surface area contributed by atoms with Gasteiger partial charge >= 0.3 is 5.97 Å². The molecular formula is C11H20N2O3. The van der Waals surface area contributed by atoms with Crippen LogP contribution >= 0.6 is 0 Å². The maximum atomic E-state index is 11.0. The predicted octanol–water partition coefficient (Wildman–Crippen LogP) is 0.0433. The topological polar surface area (TPSA) is 75.8 Å². The molecule has 0 amide bonds. The monoisotopic (exact) mass is 228 g/mol. The van der Waals surface area contributed by atoms with Crippen molar-refractivity contribution < 1.29 is 14.6 Å². The average Bonchev–Trinajstić information content (AvgIpc) is 2.63. The normalized spacial score (nSPS) is 36.4. The molecule has 2 aliphatic heterocycles. The van der Waals surface area contributed by atoms with Gasteiger partial charge in [-0.1, -0.05) is 0 Å². The molecule has 16 heavy (non-hydrogen) atoms. The molecule has 2 rings (SSSR count). The van der Waals surface area contributed by atoms with Gasteiger partial charge in [0.2, 0.25) is 0 Å². The Bertz CT molecular complexity index is 266. The van der Waals surface area contributed by atoms with Crippen LogP contribution in [0.5, 0.6) is 0 Å². The van der Waals surface area contributed by atoms with E-state index in [1.165, 1.54) is 6.42 Å². The molecule has 92 valence electrons. The first-order valence-corrected chi connectivity index (χ1v) is 5.96. The lowest BCUT2D eigenvalue weighted by molar-refractivity contribution is -0.142. The van der Waals surface area contributed by atoms with Crippen molar-refractivity contribution in [3.8, 4) is 0 Å². The molecule has 0 aromatic carbocycles. The van der Waals surface area contributed by atoms with E-state index in [0.717, 1.165) is 32.5 Å². The zero-order valence-electron chi connectivity index (χ0n) is 9.52. The quantitative estimate of drug-likeness (QED) is 0.713. The Morgan fingerprint density at radius 2 is 2.38 bits per heavy atom. The Labute approximate surface area is 95.5 Å². The van der Waals surface area contributed by atoms with Crippen LogP contribution in [0.25, 0.3) is 0 Å². The molecule has 2 fully saturated rings. The number of likely N-dealkylation sites (tertiary alicyclic amines) is 1. The first-order chi connectivity index (χ1) is 7.60. The molecule has 0 saturated carbocycles. The van der Waals surface area contributed by atoms with E-state index in [0.29, 0.717) is 13.0 Å². The van der Waals surface area contributed by atoms with Gasteiger partial charge in [0.15, 0.2) is 0 Å². The van der Waals surface area contributed by atoms with Crippen LogP contribution < -0.4 is 5.73 Å². The molecule has 0 aromatic heterocycles. The lowest BCUT2D eigenvalue weighted by Crippen LogP contribution is -2.50. The van der Waals surface area contributed by atoms with Crippen molar-refractivity contribution in [1.82, 2.24) is 4.90 Å². The molecule has 5 nitrogen and oxygen atoms in total. The van der Waals surface area contributed by atoms with Crippen LogP contribution in [0.4, 0.5) is 0 Å². The summed E-state index contributed by atoms with van der Waals surface area (Å²) in [6, 6.07) is 0. The molecule has 2 saturated heterocycles. The number of nitrogens with two attached hydrogens (primary N) is 1. The number of carboxylic acid groups (broad SMARTS) is 1. The number of carbonyl (C=O) groups is 1. The summed E-state index contributed by atoms with van der Waals surface area (Å²) in [5.74, 6) is -0.889. The summed E-state index contributed by atoms with van der Waals surface area (Å²) in [5.41, 5.74) is 4.77. The van der Waals surface area contributed by atoms with E-state index in [9.17, 15) is 4.79 Å². The summed E-state index contributed by atoms with van der Waals surface area (Å²) in [7, 11) is 0. The highest BCUT2D eigenvalue weighted by Crippen LogP contribution is 2.21. The molecule has 0 aliphatic carbocycles. The van der Waals surface area contributed by atoms with Gasteiger partial charge < -0.3 is 15.6 Å². The minimum atomic E-state index is -1.05. The highest BCUT2D eigenvalue weighted by Gasteiger charge is 2.41. The number of aliphatic carboxylic acids is 1. The summed E-state index contributed by atoms with van der Waals surface area (Å²) in [4.78, 5) is 13.1. The van der Waals surface area contributed by atoms with E-state index in [4.69, 9.17) is 15.6 Å². The summed E-state index contributed by atoms with van der Waals surface area (Å²) < 4.78 is 5.64. The zero-order valence-corrected chi connectivity index (χ0v) is 9.52. The van der Waals surface area contributed by atoms with Crippen LogP contribution in [0.15, 0.2) is 0 Å². The Hall–Kier alpha value is -0.650. The molecule has 0 aromatic rings. The van der Waals surface area contributed by atoms with Gasteiger partial charge in [0, 0.05) is 26.2 Å². The van der Waals surface area contributed by atoms with E-state index in [1.807, 2.05) is 0 Å². The highest BCUT2D eigenvalue weighted by atomic mass is 16.5. The van der Waals surface area contributed by atoms with E-state index >= 15 is 0 Å². The summed E-state index contributed by atoms with van der Waals surface area (Å²) in [6.45, 7) is 2.88. The molecule has 3 N–H and O–H groups in total. The molecule has 2 heterocycles. The van der Waals surface area contributed by atoms with E-state index < -0.39 is 11.5 Å². The Morgan fingerprint density at radius 1 is 1.56 bits per heavy atom. The third-order valence-electron chi connectivity index (χ3n) is 3.54. The zero-order chi connectivity index (χ0) is 11.6. The third-order valence-corrected chi connectivity index (χ3v) is 3.54. The summed E-state index contributed by atoms with van der Waals surface area (Å²) >= 11 is 0. The average molecular weight is 228 g/mol. The van der Waals surface area contributed by atoms with Gasteiger partial charge in [-0.3, -0.25) is 9.69 Å². The van der Waals surface area contributed by atoms with E-state index in [2.05, 4.69) is 4.90 Å². The first kappa shape index (κ1) is 11.8. The molecule has 0 radical (unpaired) electrons. The van der Waals surface area contributed by atoms with Crippen LogP contribution in [-0.4, -0.2) is 53.9 Å². The summed E-state index contributed by atoms with van der Waals surface area (Å²) in [6.07, 6.45) is 4.25. The van der Waals surface area contributed by atoms with Crippen molar-refractivity contribution >= 4 is 5.97 Å². The van der Waals surface area contributed by atoms with Crippen molar-refractivity contribution in [2.24, 2.45) is 5.73 Å². The molecular weight excluding hydrogens is 208 g/mol. The van der Waals surface area contributed by atoms with Gasteiger partial charge in [0.25, 0.3) is 0 Å². The second-order valence-corrected chi connectivity index (χ2v) is 4.93. The van der Waals surface area contributed by atoms with Gasteiger partial charge in [-0.05, 0) is 25.7 Å². The lowest BCUT2D eigenvalue weighted by Gasteiger charge is -2.27. The Balaban J connectivity index is 1.82. The van der Waals surface area contributed by atoms with Crippen molar-refractivity contribution in [3.05, 3.63) is 0 Å². The number of hydrogen-bond donors (Lipinski definition) is 2. The fourth-order valence-corrected chi connectivity index (χ4v) is 2.48. The van der Waals surface area contributed by atoms with E-state index in [-0.39, 0.29) is 6.10 Å². The minimum Gasteiger partial charge on any atom is -0.480 e. The molecule has 2 unspecified atom stereocenters. The van der Waals surface area contributed by atoms with Gasteiger partial charge in [0.1, 0.15) is 5.54 Å². The SMILES string of the molecule is NC1(C(=O)O)CCN(CC2CCCCO2)C1. The van der Waals surface area contributed by atoms with Crippen LogP contribution in [0.3, 0.4) is 0 Å². The Morgan fingerprint density at radius 3 is 2.94 bits per heavy atom. The number of ether oxygens (including phenoxy) is 1. The fourth-order valence-electron chi connectivity index (χ4n) is 2.48. The van der Waals surface area contributed by atoms with Gasteiger partial charge in [-0.25, -0.2) is 0 Å². The number of nitrogens with zero attached hydrogens (tertiary/aromatic N) is 1. The van der Waals surface area contributed by atoms with Gasteiger partial charge in [-0.15, -0.1) is 0 Å². The second kappa shape index (κ2) is 4.69. The van der Waals surface area contributed by atoms with Crippen LogP contribution in [0.2, 0.25) is 0 Å². The smallest absolute Gasteiger partial charge is 0.325 e. The maximum Gasteiger partial charge on any atom is 0.325 e. The van der Waals surface area contributed by atoms with Crippen LogP contribution in [0, 0.1) is 0 Å². The van der Waals surface area contributed by atoms with Crippen LogP contribution in [0.1, 0.15) is 25.7 Å². The van der Waals surface area contributed by atoms with Crippen molar-refractivity contribution in [1.29, 1.82) is 0 Å². The van der Waals surface area contributed by atoms with Crippen molar-refractivity contribution in [3.63, 3.8) is 0 Å². The number of hydrogen-bond acceptors (Lipinski definition) is 4. The molecule has 0 spiro atoms. The third kappa shape index (κ3) is 2.53. The first-order valence-electron chi connectivity index (χ1n) is 5.96. The minimum absolute atomic E-state index is 0.268. The molecule has 0 bridgehead atoms. The lowest BCUT2D eigenvalue weighted by atomic mass is 10.0. The van der Waals surface area contributed by atoms with Gasteiger partial charge in [0.05, 0.1) is 6.10 Å². The van der Waals surface area contributed by atoms with Crippen molar-refractivity contribution in [2.45, 2.75) is 37.3 Å². The molecule has 2 aliphatic rings. The molecule has 5 heteroatoms. The summed E-state index contributed by atoms with van der Waals surface area (Å²) in [5, 5.41) is 9.01. The standard InChI is InChI=1S/C11H20N2O3/c12-11(10(14)15)4-5-13(8-11)7-9-3-1-2-6-16-9/h9H,1-8,12H2,(H,14,15). The van der Waals surface area contributed by atoms with Crippen LogP contribution in [-0.2, 0) is 9.53 Å². The van der Waals surface area contributed by atoms with E-state index in [1.54, 1.807) is 0 Å². The number of carboxylic acids is 1. The second-order valence-electron chi connectivity index (χ2n) is 4.93. The maximum absolute atomic E-state index is 11.0. The predicted molar refractivity (Wildman–Crippen MR) is 59.2 cm³/mol. The molecule has 2 atom stereocenters. The highest BCUT2D eigenvalue weighted by molar-refractivity contribution is 5.79. The number of rotatable bonds is 3. The van der Waals surface area contributed by atoms with Gasteiger partial charge in [-0.2, -0.15) is 0 Å². The largest absolute Gasteiger partial charge is 0.480 e. The fraction of sp³-hybridized carbons (Fsp3) is 0.909.